The van der Waals surface area contributed by atoms with E-state index in [9.17, 15) is 0 Å². The molecule has 106 valence electrons. The van der Waals surface area contributed by atoms with Crippen LogP contribution in [0.5, 0.6) is 0 Å². The largest absolute Gasteiger partial charge is 0.384 e. The highest BCUT2D eigenvalue weighted by Crippen LogP contribution is 2.35. The lowest BCUT2D eigenvalue weighted by atomic mass is 9.90. The molecule has 0 bridgehead atoms. The molecule has 0 saturated carbocycles. The predicted molar refractivity (Wildman–Crippen MR) is 83.9 cm³/mol. The molecule has 0 atom stereocenters. The van der Waals surface area contributed by atoms with Crippen molar-refractivity contribution in [1.29, 1.82) is 0 Å². The zero-order valence-electron chi connectivity index (χ0n) is 12.6. The Bertz CT molecular complexity index is 610. The van der Waals surface area contributed by atoms with Gasteiger partial charge in [0.25, 0.3) is 0 Å². The molecule has 1 aliphatic heterocycles. The van der Waals surface area contributed by atoms with Crippen molar-refractivity contribution in [2.24, 2.45) is 5.41 Å². The van der Waals surface area contributed by atoms with E-state index >= 15 is 0 Å². The van der Waals surface area contributed by atoms with Crippen molar-refractivity contribution < 1.29 is 0 Å². The summed E-state index contributed by atoms with van der Waals surface area (Å²) < 4.78 is 2.29. The number of rotatable bonds is 4. The van der Waals surface area contributed by atoms with Crippen molar-refractivity contribution in [3.63, 3.8) is 0 Å². The number of anilines is 1. The summed E-state index contributed by atoms with van der Waals surface area (Å²) in [5.41, 5.74) is 5.51. The maximum atomic E-state index is 4.38. The van der Waals surface area contributed by atoms with Crippen molar-refractivity contribution in [2.75, 3.05) is 11.9 Å². The molecule has 0 unspecified atom stereocenters. The molecule has 2 heterocycles. The van der Waals surface area contributed by atoms with E-state index in [2.05, 4.69) is 53.8 Å². The Balaban J connectivity index is 2.00. The molecule has 0 fully saturated rings. The van der Waals surface area contributed by atoms with Gasteiger partial charge in [0.2, 0.25) is 0 Å². The second-order valence-corrected chi connectivity index (χ2v) is 6.44. The fraction of sp³-hybridized carbons (Fsp3) is 0.471. The Morgan fingerprint density at radius 1 is 1.35 bits per heavy atom. The Kier molecular flexibility index (Phi) is 3.28. The molecule has 3 rings (SSSR count). The smallest absolute Gasteiger partial charge is 0.0951 e. The lowest BCUT2D eigenvalue weighted by Crippen LogP contribution is -2.18. The third kappa shape index (κ3) is 2.33. The van der Waals surface area contributed by atoms with Crippen LogP contribution in [0.3, 0.4) is 0 Å². The van der Waals surface area contributed by atoms with Gasteiger partial charge in [-0.25, -0.2) is 4.98 Å². The van der Waals surface area contributed by atoms with Crippen LogP contribution in [-0.2, 0) is 13.0 Å². The highest BCUT2D eigenvalue weighted by molar-refractivity contribution is 5.79. The van der Waals surface area contributed by atoms with Gasteiger partial charge in [-0.05, 0) is 23.8 Å². The molecule has 3 heteroatoms. The van der Waals surface area contributed by atoms with Gasteiger partial charge in [-0.3, -0.25) is 0 Å². The predicted octanol–water partition coefficient (Wildman–Crippen LogP) is 3.95. The number of hydrogen-bond donors (Lipinski definition) is 1. The molecule has 1 aromatic heterocycles. The van der Waals surface area contributed by atoms with Gasteiger partial charge in [-0.15, -0.1) is 0 Å². The van der Waals surface area contributed by atoms with E-state index in [1.807, 2.05) is 12.5 Å². The van der Waals surface area contributed by atoms with Crippen LogP contribution in [0.25, 0.3) is 11.3 Å². The van der Waals surface area contributed by atoms with Crippen LogP contribution in [0.2, 0.25) is 0 Å². The maximum Gasteiger partial charge on any atom is 0.0951 e. The number of hydrogen-bond acceptors (Lipinski definition) is 2. The molecule has 0 amide bonds. The van der Waals surface area contributed by atoms with Crippen LogP contribution in [0.1, 0.15) is 32.8 Å². The summed E-state index contributed by atoms with van der Waals surface area (Å²) in [5, 5.41) is 3.52. The molecule has 0 aliphatic carbocycles. The second-order valence-electron chi connectivity index (χ2n) is 6.44. The first-order valence-corrected chi connectivity index (χ1v) is 7.47. The standard InChI is InChI=1S/C17H23N3/c1-4-17(2,3)11-20-12-18-10-15(20)14-7-5-6-13-8-9-19-16(13)14/h5-7,10,12,19H,4,8-9,11H2,1-3H3. The van der Waals surface area contributed by atoms with Crippen LogP contribution in [0.15, 0.2) is 30.7 Å². The minimum absolute atomic E-state index is 0.292. The molecule has 0 saturated heterocycles. The zero-order chi connectivity index (χ0) is 14.2. The van der Waals surface area contributed by atoms with Crippen LogP contribution < -0.4 is 5.32 Å². The van der Waals surface area contributed by atoms with Gasteiger partial charge >= 0.3 is 0 Å². The van der Waals surface area contributed by atoms with Gasteiger partial charge in [-0.1, -0.05) is 39.0 Å². The van der Waals surface area contributed by atoms with Crippen LogP contribution >= 0.6 is 0 Å². The molecule has 3 nitrogen and oxygen atoms in total. The monoisotopic (exact) mass is 269 g/mol. The Morgan fingerprint density at radius 2 is 2.20 bits per heavy atom. The third-order valence-corrected chi connectivity index (χ3v) is 4.39. The summed E-state index contributed by atoms with van der Waals surface area (Å²) >= 11 is 0. The fourth-order valence-electron chi connectivity index (χ4n) is 2.80. The summed E-state index contributed by atoms with van der Waals surface area (Å²) in [6.07, 6.45) is 6.23. The van der Waals surface area contributed by atoms with Gasteiger partial charge in [0, 0.05) is 24.3 Å². The first-order chi connectivity index (χ1) is 9.61. The van der Waals surface area contributed by atoms with E-state index in [1.165, 1.54) is 22.5 Å². The van der Waals surface area contributed by atoms with E-state index in [4.69, 9.17) is 0 Å². The van der Waals surface area contributed by atoms with E-state index in [1.54, 1.807) is 0 Å². The SMILES string of the molecule is CCC(C)(C)Cn1cncc1-c1cccc2c1NCC2. The van der Waals surface area contributed by atoms with Gasteiger partial charge in [-0.2, -0.15) is 0 Å². The number of fused-ring (bicyclic) bond motifs is 1. The van der Waals surface area contributed by atoms with Crippen molar-refractivity contribution in [1.82, 2.24) is 9.55 Å². The van der Waals surface area contributed by atoms with Gasteiger partial charge in [0.1, 0.15) is 0 Å². The lowest BCUT2D eigenvalue weighted by molar-refractivity contribution is 0.296. The third-order valence-electron chi connectivity index (χ3n) is 4.39. The average Bonchev–Trinajstić information content (AvgIpc) is 3.06. The Morgan fingerprint density at radius 3 is 3.00 bits per heavy atom. The van der Waals surface area contributed by atoms with Gasteiger partial charge in [0.15, 0.2) is 0 Å². The summed E-state index contributed by atoms with van der Waals surface area (Å²) in [5.74, 6) is 0. The number of benzene rings is 1. The van der Waals surface area contributed by atoms with Crippen LogP contribution in [-0.4, -0.2) is 16.1 Å². The fourth-order valence-corrected chi connectivity index (χ4v) is 2.80. The molecular formula is C17H23N3. The molecule has 2 aromatic rings. The zero-order valence-corrected chi connectivity index (χ0v) is 12.6. The van der Waals surface area contributed by atoms with E-state index in [0.29, 0.717) is 5.41 Å². The number of imidazole rings is 1. The summed E-state index contributed by atoms with van der Waals surface area (Å²) in [4.78, 5) is 4.38. The van der Waals surface area contributed by atoms with Gasteiger partial charge < -0.3 is 9.88 Å². The maximum absolute atomic E-state index is 4.38. The highest BCUT2D eigenvalue weighted by Gasteiger charge is 2.21. The van der Waals surface area contributed by atoms with Crippen molar-refractivity contribution in [3.8, 4) is 11.3 Å². The summed E-state index contributed by atoms with van der Waals surface area (Å²) in [6, 6.07) is 6.57. The normalized spacial score (nSPS) is 14.2. The minimum atomic E-state index is 0.292. The minimum Gasteiger partial charge on any atom is -0.384 e. The van der Waals surface area contributed by atoms with E-state index in [0.717, 1.165) is 25.9 Å². The molecular weight excluding hydrogens is 246 g/mol. The number of nitrogens with one attached hydrogen (secondary N) is 1. The van der Waals surface area contributed by atoms with Crippen LogP contribution in [0, 0.1) is 5.41 Å². The summed E-state index contributed by atoms with van der Waals surface area (Å²) in [7, 11) is 0. The van der Waals surface area contributed by atoms with E-state index in [-0.39, 0.29) is 0 Å². The van der Waals surface area contributed by atoms with E-state index < -0.39 is 0 Å². The quantitative estimate of drug-likeness (QED) is 0.910. The lowest BCUT2D eigenvalue weighted by Gasteiger charge is -2.24. The second kappa shape index (κ2) is 4.97. The van der Waals surface area contributed by atoms with Crippen molar-refractivity contribution >= 4 is 5.69 Å². The Labute approximate surface area is 121 Å². The number of para-hydroxylation sites is 1. The molecule has 20 heavy (non-hydrogen) atoms. The first kappa shape index (κ1) is 13.2. The summed E-state index contributed by atoms with van der Waals surface area (Å²) in [6.45, 7) is 8.91. The van der Waals surface area contributed by atoms with Gasteiger partial charge in [0.05, 0.1) is 18.2 Å². The molecule has 1 N–H and O–H groups in total. The van der Waals surface area contributed by atoms with Crippen molar-refractivity contribution in [2.45, 2.75) is 40.2 Å². The Hall–Kier alpha value is -1.77. The number of nitrogens with zero attached hydrogens (tertiary/aromatic N) is 2. The molecule has 1 aliphatic rings. The first-order valence-electron chi connectivity index (χ1n) is 7.47. The average molecular weight is 269 g/mol. The number of aromatic nitrogens is 2. The van der Waals surface area contributed by atoms with Crippen LogP contribution in [0.4, 0.5) is 5.69 Å². The van der Waals surface area contributed by atoms with Crippen molar-refractivity contribution in [3.05, 3.63) is 36.3 Å². The highest BCUT2D eigenvalue weighted by atomic mass is 15.1. The molecule has 0 radical (unpaired) electrons. The molecule has 1 aromatic carbocycles. The topological polar surface area (TPSA) is 29.9 Å². The molecule has 0 spiro atoms.